The third kappa shape index (κ3) is 5.06. The maximum Gasteiger partial charge on any atom is 0.272 e. The Labute approximate surface area is 207 Å². The number of nitrogens with one attached hydrogen (secondary N) is 1. The second-order valence-electron chi connectivity index (χ2n) is 9.17. The van der Waals surface area contributed by atoms with E-state index in [-0.39, 0.29) is 49.1 Å². The number of nitrogens with zero attached hydrogens (tertiary/aromatic N) is 3. The summed E-state index contributed by atoms with van der Waals surface area (Å²) in [5, 5.41) is 9.25. The zero-order chi connectivity index (χ0) is 26.3. The largest absolute Gasteiger partial charge is 0.299 e. The van der Waals surface area contributed by atoms with Crippen molar-refractivity contribution in [2.24, 2.45) is 0 Å². The van der Waals surface area contributed by atoms with Crippen molar-refractivity contribution < 1.29 is 27.4 Å². The number of hydrogen-bond donors (Lipinski definition) is 2. The van der Waals surface area contributed by atoms with E-state index in [1.165, 1.54) is 46.6 Å². The van der Waals surface area contributed by atoms with Crippen LogP contribution in [0.25, 0.3) is 22.0 Å². The number of alkyl halides is 2. The van der Waals surface area contributed by atoms with Gasteiger partial charge in [-0.05, 0) is 42.7 Å². The molecule has 36 heavy (non-hydrogen) atoms. The molecule has 0 radical (unpaired) electrons. The molecule has 2 aromatic carbocycles. The molecule has 1 saturated heterocycles. The summed E-state index contributed by atoms with van der Waals surface area (Å²) in [5.74, 6) is -4.01. The minimum Gasteiger partial charge on any atom is -0.299 e. The highest BCUT2D eigenvalue weighted by Gasteiger charge is 2.43. The first-order valence-corrected chi connectivity index (χ1v) is 12.7. The van der Waals surface area contributed by atoms with Crippen LogP contribution in [-0.4, -0.2) is 59.8 Å². The Morgan fingerprint density at radius 1 is 1.25 bits per heavy atom. The summed E-state index contributed by atoms with van der Waals surface area (Å²) < 4.78 is 52.9. The number of benzene rings is 2. The van der Waals surface area contributed by atoms with Crippen LogP contribution < -0.4 is 11.0 Å². The SMILES string of the molecule is CS(=O)[C@](C)(CCn1cnc2cc(-c3ccc(CN4CC(F)(F)C4)cc3F)ccc2c1=O)C(=O)NO. The van der Waals surface area contributed by atoms with Crippen molar-refractivity contribution in [3.8, 4) is 11.1 Å². The molecule has 3 aromatic rings. The Balaban J connectivity index is 1.54. The lowest BCUT2D eigenvalue weighted by atomic mass is 10.0. The first-order valence-electron chi connectivity index (χ1n) is 11.1. The molecule has 2 atom stereocenters. The Morgan fingerprint density at radius 2 is 1.97 bits per heavy atom. The highest BCUT2D eigenvalue weighted by atomic mass is 32.2. The summed E-state index contributed by atoms with van der Waals surface area (Å²) >= 11 is 0. The van der Waals surface area contributed by atoms with E-state index in [0.29, 0.717) is 16.6 Å². The number of halogens is 3. The predicted octanol–water partition coefficient (Wildman–Crippen LogP) is 2.69. The first kappa shape index (κ1) is 26.0. The molecule has 192 valence electrons. The molecule has 0 bridgehead atoms. The molecule has 1 fully saturated rings. The molecule has 0 saturated carbocycles. The number of aromatic nitrogens is 2. The number of likely N-dealkylation sites (tertiary alicyclic amines) is 1. The molecule has 0 aliphatic carbocycles. The second-order valence-corrected chi connectivity index (χ2v) is 11.0. The first-order chi connectivity index (χ1) is 16.9. The van der Waals surface area contributed by atoms with Gasteiger partial charge in [0.25, 0.3) is 17.4 Å². The quantitative estimate of drug-likeness (QED) is 0.348. The summed E-state index contributed by atoms with van der Waals surface area (Å²) in [6, 6.07) is 9.28. The molecule has 12 heteroatoms. The predicted molar refractivity (Wildman–Crippen MR) is 129 cm³/mol. The molecule has 1 amide bonds. The van der Waals surface area contributed by atoms with Crippen molar-refractivity contribution in [3.63, 3.8) is 0 Å². The molecule has 1 unspecified atom stereocenters. The lowest BCUT2D eigenvalue weighted by Crippen LogP contribution is -2.55. The van der Waals surface area contributed by atoms with Crippen molar-refractivity contribution in [2.45, 2.75) is 37.1 Å². The number of amides is 1. The van der Waals surface area contributed by atoms with Gasteiger partial charge in [0, 0.05) is 35.7 Å². The number of aryl methyl sites for hydroxylation is 1. The lowest BCUT2D eigenvalue weighted by molar-refractivity contribution is -0.134. The van der Waals surface area contributed by atoms with Gasteiger partial charge >= 0.3 is 0 Å². The fraction of sp³-hybridized carbons (Fsp3) is 0.375. The zero-order valence-electron chi connectivity index (χ0n) is 19.6. The van der Waals surface area contributed by atoms with E-state index in [4.69, 9.17) is 5.21 Å². The molecule has 0 spiro atoms. The summed E-state index contributed by atoms with van der Waals surface area (Å²) in [5.41, 5.74) is 2.85. The maximum atomic E-state index is 14.8. The Morgan fingerprint density at radius 3 is 2.58 bits per heavy atom. The van der Waals surface area contributed by atoms with E-state index in [1.807, 2.05) is 0 Å². The van der Waals surface area contributed by atoms with E-state index < -0.39 is 33.2 Å². The molecule has 1 aliphatic rings. The number of hydroxylamine groups is 1. The van der Waals surface area contributed by atoms with Gasteiger partial charge < -0.3 is 0 Å². The van der Waals surface area contributed by atoms with Gasteiger partial charge in [0.2, 0.25) is 0 Å². The summed E-state index contributed by atoms with van der Waals surface area (Å²) in [6.45, 7) is 1.02. The number of fused-ring (bicyclic) bond motifs is 1. The van der Waals surface area contributed by atoms with E-state index >= 15 is 0 Å². The van der Waals surface area contributed by atoms with Crippen molar-refractivity contribution in [2.75, 3.05) is 19.3 Å². The van der Waals surface area contributed by atoms with Crippen LogP contribution >= 0.6 is 0 Å². The molecular formula is C24H25F3N4O4S. The second kappa shape index (κ2) is 9.75. The van der Waals surface area contributed by atoms with E-state index in [2.05, 4.69) is 4.98 Å². The summed E-state index contributed by atoms with van der Waals surface area (Å²) in [7, 11) is -1.62. The normalized spacial score (nSPS) is 17.8. The van der Waals surface area contributed by atoms with Gasteiger partial charge in [0.15, 0.2) is 0 Å². The maximum absolute atomic E-state index is 14.8. The third-order valence-electron chi connectivity index (χ3n) is 6.53. The number of carbonyl (C=O) groups excluding carboxylic acids is 1. The van der Waals surface area contributed by atoms with Crippen LogP contribution in [0.1, 0.15) is 18.9 Å². The molecule has 1 aromatic heterocycles. The number of hydrogen-bond acceptors (Lipinski definition) is 6. The molecular weight excluding hydrogens is 497 g/mol. The Kier molecular flexibility index (Phi) is 7.04. The fourth-order valence-electron chi connectivity index (χ4n) is 4.19. The van der Waals surface area contributed by atoms with Gasteiger partial charge in [-0.15, -0.1) is 0 Å². The third-order valence-corrected chi connectivity index (χ3v) is 8.19. The molecule has 8 nitrogen and oxygen atoms in total. The average molecular weight is 523 g/mol. The Bertz CT molecular complexity index is 1410. The minimum atomic E-state index is -2.68. The summed E-state index contributed by atoms with van der Waals surface area (Å²) in [6.07, 6.45) is 2.65. The molecule has 1 aliphatic heterocycles. The van der Waals surface area contributed by atoms with Crippen LogP contribution in [0.5, 0.6) is 0 Å². The number of carbonyl (C=O) groups is 1. The van der Waals surface area contributed by atoms with Crippen LogP contribution in [0.3, 0.4) is 0 Å². The zero-order valence-corrected chi connectivity index (χ0v) is 20.4. The van der Waals surface area contributed by atoms with Gasteiger partial charge in [-0.1, -0.05) is 18.2 Å². The van der Waals surface area contributed by atoms with Crippen LogP contribution in [0.15, 0.2) is 47.5 Å². The van der Waals surface area contributed by atoms with Crippen LogP contribution in [0.4, 0.5) is 13.2 Å². The van der Waals surface area contributed by atoms with Gasteiger partial charge in [0.05, 0.1) is 30.3 Å². The van der Waals surface area contributed by atoms with Crippen molar-refractivity contribution in [3.05, 3.63) is 64.5 Å². The van der Waals surface area contributed by atoms with Crippen molar-refractivity contribution in [1.82, 2.24) is 19.9 Å². The minimum absolute atomic E-state index is 0.0142. The standard InChI is InChI=1S/C24H25F3N4O4S/c1-23(36(2)35,22(33)29-34)7-8-31-14-28-20-10-16(4-6-18(20)21(31)32)17-5-3-15(9-19(17)25)11-30-12-24(26,27)13-30/h3-6,9-10,14,34H,7-8,11-13H2,1-2H3,(H,29,33)/t23-,36?/m1/s1. The highest BCUT2D eigenvalue weighted by molar-refractivity contribution is 7.86. The van der Waals surface area contributed by atoms with E-state index in [1.54, 1.807) is 24.3 Å². The van der Waals surface area contributed by atoms with Crippen LogP contribution in [0.2, 0.25) is 0 Å². The lowest BCUT2D eigenvalue weighted by Gasteiger charge is -2.38. The van der Waals surface area contributed by atoms with Crippen molar-refractivity contribution in [1.29, 1.82) is 0 Å². The summed E-state index contributed by atoms with van der Waals surface area (Å²) in [4.78, 5) is 30.8. The van der Waals surface area contributed by atoms with Crippen LogP contribution in [-0.2, 0) is 28.7 Å². The van der Waals surface area contributed by atoms with Crippen LogP contribution in [0, 0.1) is 5.82 Å². The monoisotopic (exact) mass is 522 g/mol. The molecule has 2 heterocycles. The average Bonchev–Trinajstić information content (AvgIpc) is 2.81. The van der Waals surface area contributed by atoms with Gasteiger partial charge in [-0.2, -0.15) is 0 Å². The smallest absolute Gasteiger partial charge is 0.272 e. The van der Waals surface area contributed by atoms with Gasteiger partial charge in [-0.25, -0.2) is 23.6 Å². The van der Waals surface area contributed by atoms with Gasteiger partial charge in [-0.3, -0.25) is 28.5 Å². The molecule has 2 N–H and O–H groups in total. The van der Waals surface area contributed by atoms with E-state index in [0.717, 1.165) is 0 Å². The van der Waals surface area contributed by atoms with Gasteiger partial charge in [0.1, 0.15) is 10.6 Å². The fourth-order valence-corrected chi connectivity index (χ4v) is 4.88. The number of rotatable bonds is 8. The van der Waals surface area contributed by atoms with Crippen molar-refractivity contribution >= 4 is 27.6 Å². The van der Waals surface area contributed by atoms with E-state index in [9.17, 15) is 27.0 Å². The highest BCUT2D eigenvalue weighted by Crippen LogP contribution is 2.30. The Hall–Kier alpha value is -3.09. The topological polar surface area (TPSA) is 105 Å². The molecule has 4 rings (SSSR count).